The van der Waals surface area contributed by atoms with Crippen molar-refractivity contribution in [3.05, 3.63) is 23.8 Å². The third kappa shape index (κ3) is 3.01. The van der Waals surface area contributed by atoms with E-state index in [4.69, 9.17) is 10.8 Å². The van der Waals surface area contributed by atoms with E-state index in [1.54, 1.807) is 12.1 Å². The normalized spacial score (nSPS) is 23.6. The number of carboxylic acids is 1. The van der Waals surface area contributed by atoms with Gasteiger partial charge in [0.1, 0.15) is 0 Å². The fourth-order valence-corrected chi connectivity index (χ4v) is 3.32. The van der Waals surface area contributed by atoms with Crippen LogP contribution in [0.2, 0.25) is 0 Å². The Morgan fingerprint density at radius 3 is 2.67 bits per heavy atom. The second-order valence-electron chi connectivity index (χ2n) is 4.38. The maximum Gasteiger partial charge on any atom is 0.337 e. The molecule has 0 radical (unpaired) electrons. The molecule has 0 aromatic heterocycles. The van der Waals surface area contributed by atoms with Crippen LogP contribution in [0.15, 0.2) is 18.2 Å². The predicted molar refractivity (Wildman–Crippen MR) is 72.3 cm³/mol. The van der Waals surface area contributed by atoms with Gasteiger partial charge in [0.15, 0.2) is 0 Å². The second kappa shape index (κ2) is 5.39. The summed E-state index contributed by atoms with van der Waals surface area (Å²) in [5.74, 6) is 0.355. The molecule has 0 saturated carbocycles. The van der Waals surface area contributed by atoms with Gasteiger partial charge in [-0.25, -0.2) is 4.79 Å². The van der Waals surface area contributed by atoms with E-state index in [-0.39, 0.29) is 11.6 Å². The first kappa shape index (κ1) is 12.9. The number of hydrogen-bond donors (Lipinski definition) is 3. The highest BCUT2D eigenvalue weighted by molar-refractivity contribution is 7.85. The quantitative estimate of drug-likeness (QED) is 0.718. The minimum Gasteiger partial charge on any atom is -0.478 e. The van der Waals surface area contributed by atoms with Crippen molar-refractivity contribution in [1.29, 1.82) is 0 Å². The number of anilines is 2. The number of carbonyl (C=O) groups is 1. The summed E-state index contributed by atoms with van der Waals surface area (Å²) in [6, 6.07) is 5.00. The Morgan fingerprint density at radius 1 is 1.39 bits per heavy atom. The lowest BCUT2D eigenvalue weighted by molar-refractivity contribution is 0.0698. The van der Waals surface area contributed by atoms with E-state index in [0.717, 1.165) is 12.8 Å². The molecule has 18 heavy (non-hydrogen) atoms. The third-order valence-corrected chi connectivity index (χ3v) is 4.40. The van der Waals surface area contributed by atoms with E-state index in [9.17, 15) is 9.00 Å². The van der Waals surface area contributed by atoms with E-state index in [1.165, 1.54) is 6.07 Å². The summed E-state index contributed by atoms with van der Waals surface area (Å²) in [6.45, 7) is 0. The standard InChI is InChI=1S/C12H16N2O3S/c13-8-1-2-11(10(7-8)12(15)16)14-9-3-5-18(17)6-4-9/h1-2,7,9,14H,3-6,13H2,(H,15,16). The van der Waals surface area contributed by atoms with Crippen LogP contribution in [0, 0.1) is 0 Å². The zero-order chi connectivity index (χ0) is 13.1. The fourth-order valence-electron chi connectivity index (χ4n) is 2.02. The number of hydrogen-bond acceptors (Lipinski definition) is 4. The van der Waals surface area contributed by atoms with Crippen LogP contribution in [-0.2, 0) is 10.8 Å². The summed E-state index contributed by atoms with van der Waals surface area (Å²) in [5, 5.41) is 12.3. The molecule has 1 aliphatic rings. The van der Waals surface area contributed by atoms with E-state index < -0.39 is 16.8 Å². The molecule has 1 aromatic carbocycles. The summed E-state index contributed by atoms with van der Waals surface area (Å²) in [5.41, 5.74) is 6.78. The van der Waals surface area contributed by atoms with Crippen molar-refractivity contribution in [2.24, 2.45) is 0 Å². The lowest BCUT2D eigenvalue weighted by Crippen LogP contribution is -2.30. The Hall–Kier alpha value is -1.56. The van der Waals surface area contributed by atoms with Gasteiger partial charge in [0, 0.05) is 39.7 Å². The molecular formula is C12H16N2O3S. The van der Waals surface area contributed by atoms with Gasteiger partial charge in [0.2, 0.25) is 0 Å². The molecule has 98 valence electrons. The molecule has 1 aliphatic heterocycles. The van der Waals surface area contributed by atoms with Crippen molar-refractivity contribution in [3.8, 4) is 0 Å². The Labute approximate surface area is 108 Å². The molecular weight excluding hydrogens is 252 g/mol. The van der Waals surface area contributed by atoms with Gasteiger partial charge >= 0.3 is 5.97 Å². The lowest BCUT2D eigenvalue weighted by Gasteiger charge is -2.24. The van der Waals surface area contributed by atoms with Crippen LogP contribution in [0.5, 0.6) is 0 Å². The molecule has 0 atom stereocenters. The maximum atomic E-state index is 11.3. The Bertz CT molecular complexity index is 480. The number of nitrogens with one attached hydrogen (secondary N) is 1. The van der Waals surface area contributed by atoms with Gasteiger partial charge in [-0.3, -0.25) is 4.21 Å². The van der Waals surface area contributed by atoms with Crippen molar-refractivity contribution in [3.63, 3.8) is 0 Å². The van der Waals surface area contributed by atoms with Crippen LogP contribution in [0.25, 0.3) is 0 Å². The Balaban J connectivity index is 2.13. The third-order valence-electron chi connectivity index (χ3n) is 3.02. The summed E-state index contributed by atoms with van der Waals surface area (Å²) >= 11 is 0. The van der Waals surface area contributed by atoms with E-state index in [0.29, 0.717) is 22.9 Å². The van der Waals surface area contributed by atoms with Crippen LogP contribution in [-0.4, -0.2) is 32.8 Å². The van der Waals surface area contributed by atoms with Crippen molar-refractivity contribution in [2.45, 2.75) is 18.9 Å². The molecule has 1 saturated heterocycles. The molecule has 1 aromatic rings. The predicted octanol–water partition coefficient (Wildman–Crippen LogP) is 1.29. The molecule has 0 amide bonds. The van der Waals surface area contributed by atoms with E-state index in [1.807, 2.05) is 0 Å². The molecule has 0 spiro atoms. The number of nitrogen functional groups attached to an aromatic ring is 1. The van der Waals surface area contributed by atoms with Crippen LogP contribution < -0.4 is 11.1 Å². The van der Waals surface area contributed by atoms with Crippen molar-refractivity contribution >= 4 is 28.1 Å². The zero-order valence-electron chi connectivity index (χ0n) is 9.89. The average molecular weight is 268 g/mol. The average Bonchev–Trinajstić information content (AvgIpc) is 2.34. The smallest absolute Gasteiger partial charge is 0.337 e. The molecule has 2 rings (SSSR count). The SMILES string of the molecule is Nc1ccc(NC2CCS(=O)CC2)c(C(=O)O)c1. The van der Waals surface area contributed by atoms with Gasteiger partial charge in [0.05, 0.1) is 5.56 Å². The lowest BCUT2D eigenvalue weighted by atomic mass is 10.1. The van der Waals surface area contributed by atoms with Crippen molar-refractivity contribution in [1.82, 2.24) is 0 Å². The number of benzene rings is 1. The molecule has 6 heteroatoms. The van der Waals surface area contributed by atoms with Gasteiger partial charge in [0.25, 0.3) is 0 Å². The van der Waals surface area contributed by atoms with Crippen LogP contribution in [0.1, 0.15) is 23.2 Å². The first-order valence-corrected chi connectivity index (χ1v) is 7.29. The van der Waals surface area contributed by atoms with Crippen molar-refractivity contribution in [2.75, 3.05) is 22.6 Å². The second-order valence-corrected chi connectivity index (χ2v) is 6.07. The van der Waals surface area contributed by atoms with Crippen LogP contribution >= 0.6 is 0 Å². The van der Waals surface area contributed by atoms with Crippen molar-refractivity contribution < 1.29 is 14.1 Å². The van der Waals surface area contributed by atoms with Gasteiger partial charge in [-0.1, -0.05) is 0 Å². The largest absolute Gasteiger partial charge is 0.478 e. The highest BCUT2D eigenvalue weighted by Gasteiger charge is 2.19. The zero-order valence-corrected chi connectivity index (χ0v) is 10.7. The molecule has 0 aliphatic carbocycles. The Kier molecular flexibility index (Phi) is 3.86. The van der Waals surface area contributed by atoms with Gasteiger partial charge < -0.3 is 16.2 Å². The number of aromatic carboxylic acids is 1. The van der Waals surface area contributed by atoms with Gasteiger partial charge in [-0.05, 0) is 31.0 Å². The Morgan fingerprint density at radius 2 is 2.06 bits per heavy atom. The molecule has 0 unspecified atom stereocenters. The first-order chi connectivity index (χ1) is 8.56. The highest BCUT2D eigenvalue weighted by atomic mass is 32.2. The molecule has 0 bridgehead atoms. The van der Waals surface area contributed by atoms with Gasteiger partial charge in [-0.15, -0.1) is 0 Å². The molecule has 4 N–H and O–H groups in total. The molecule has 5 nitrogen and oxygen atoms in total. The van der Waals surface area contributed by atoms with E-state index >= 15 is 0 Å². The summed E-state index contributed by atoms with van der Waals surface area (Å²) in [7, 11) is -0.713. The summed E-state index contributed by atoms with van der Waals surface area (Å²) in [6.07, 6.45) is 1.60. The topological polar surface area (TPSA) is 92.4 Å². The highest BCUT2D eigenvalue weighted by Crippen LogP contribution is 2.22. The van der Waals surface area contributed by atoms with Gasteiger partial charge in [-0.2, -0.15) is 0 Å². The fraction of sp³-hybridized carbons (Fsp3) is 0.417. The minimum atomic E-state index is -0.996. The summed E-state index contributed by atoms with van der Waals surface area (Å²) in [4.78, 5) is 11.1. The monoisotopic (exact) mass is 268 g/mol. The van der Waals surface area contributed by atoms with Crippen LogP contribution in [0.4, 0.5) is 11.4 Å². The minimum absolute atomic E-state index is 0.182. The number of nitrogens with two attached hydrogens (primary N) is 1. The van der Waals surface area contributed by atoms with Crippen LogP contribution in [0.3, 0.4) is 0 Å². The number of rotatable bonds is 3. The first-order valence-electron chi connectivity index (χ1n) is 5.80. The molecule has 1 fully saturated rings. The van der Waals surface area contributed by atoms with E-state index in [2.05, 4.69) is 5.32 Å². The number of carboxylic acid groups (broad SMARTS) is 1. The maximum absolute atomic E-state index is 11.3. The molecule has 1 heterocycles. The summed E-state index contributed by atoms with van der Waals surface area (Å²) < 4.78 is 11.3.